The zero-order valence-corrected chi connectivity index (χ0v) is 10.6. The topological polar surface area (TPSA) is 17.1 Å². The van der Waals surface area contributed by atoms with Gasteiger partial charge in [0.15, 0.2) is 0 Å². The molecule has 1 aliphatic rings. The SMILES string of the molecule is O=C(Cc1ccc(Br)cc1F)C1CCCC1. The van der Waals surface area contributed by atoms with Crippen molar-refractivity contribution in [1.29, 1.82) is 0 Å². The van der Waals surface area contributed by atoms with Crippen molar-refractivity contribution in [2.45, 2.75) is 32.1 Å². The van der Waals surface area contributed by atoms with Crippen LogP contribution >= 0.6 is 15.9 Å². The number of ketones is 1. The molecule has 1 aliphatic carbocycles. The van der Waals surface area contributed by atoms with E-state index in [-0.39, 0.29) is 23.9 Å². The summed E-state index contributed by atoms with van der Waals surface area (Å²) in [5, 5.41) is 0. The van der Waals surface area contributed by atoms with Gasteiger partial charge in [-0.15, -0.1) is 0 Å². The van der Waals surface area contributed by atoms with Crippen molar-refractivity contribution in [2.24, 2.45) is 5.92 Å². The van der Waals surface area contributed by atoms with Gasteiger partial charge in [-0.05, 0) is 30.5 Å². The van der Waals surface area contributed by atoms with E-state index in [1.54, 1.807) is 12.1 Å². The third-order valence-corrected chi connectivity index (χ3v) is 3.68. The molecule has 0 unspecified atom stereocenters. The molecule has 86 valence electrons. The van der Waals surface area contributed by atoms with Crippen LogP contribution in [-0.2, 0) is 11.2 Å². The molecule has 0 aliphatic heterocycles. The highest BCUT2D eigenvalue weighted by atomic mass is 79.9. The first-order chi connectivity index (χ1) is 7.66. The summed E-state index contributed by atoms with van der Waals surface area (Å²) in [4.78, 5) is 11.9. The Bertz CT molecular complexity index is 397. The third kappa shape index (κ3) is 2.70. The van der Waals surface area contributed by atoms with Crippen molar-refractivity contribution in [3.05, 3.63) is 34.1 Å². The lowest BCUT2D eigenvalue weighted by molar-refractivity contribution is -0.122. The van der Waals surface area contributed by atoms with Crippen molar-refractivity contribution in [2.75, 3.05) is 0 Å². The number of carbonyl (C=O) groups is 1. The van der Waals surface area contributed by atoms with Crippen LogP contribution in [0.4, 0.5) is 4.39 Å². The standard InChI is InChI=1S/C13H14BrFO/c14-11-6-5-10(12(15)8-11)7-13(16)9-3-1-2-4-9/h5-6,8-9H,1-4,7H2. The highest BCUT2D eigenvalue weighted by Crippen LogP contribution is 2.27. The number of rotatable bonds is 3. The molecular formula is C13H14BrFO. The van der Waals surface area contributed by atoms with Gasteiger partial charge in [0.05, 0.1) is 0 Å². The van der Waals surface area contributed by atoms with Gasteiger partial charge in [0.1, 0.15) is 11.6 Å². The molecule has 1 saturated carbocycles. The molecule has 1 nitrogen and oxygen atoms in total. The monoisotopic (exact) mass is 284 g/mol. The van der Waals surface area contributed by atoms with Gasteiger partial charge in [-0.25, -0.2) is 4.39 Å². The van der Waals surface area contributed by atoms with Crippen LogP contribution in [0.2, 0.25) is 0 Å². The van der Waals surface area contributed by atoms with Gasteiger partial charge in [-0.3, -0.25) is 4.79 Å². The van der Waals surface area contributed by atoms with Crippen LogP contribution in [0.5, 0.6) is 0 Å². The van der Waals surface area contributed by atoms with Gasteiger partial charge in [0.2, 0.25) is 0 Å². The second-order valence-electron chi connectivity index (χ2n) is 4.36. The summed E-state index contributed by atoms with van der Waals surface area (Å²) in [5.74, 6) is 0.0718. The summed E-state index contributed by atoms with van der Waals surface area (Å²) in [5.41, 5.74) is 0.514. The number of Topliss-reactive ketones (excluding diaryl/α,β-unsaturated/α-hetero) is 1. The van der Waals surface area contributed by atoms with Crippen molar-refractivity contribution < 1.29 is 9.18 Å². The molecule has 0 saturated heterocycles. The highest BCUT2D eigenvalue weighted by molar-refractivity contribution is 9.10. The van der Waals surface area contributed by atoms with E-state index < -0.39 is 0 Å². The number of hydrogen-bond donors (Lipinski definition) is 0. The van der Waals surface area contributed by atoms with Gasteiger partial charge in [-0.2, -0.15) is 0 Å². The molecule has 1 fully saturated rings. The van der Waals surface area contributed by atoms with Gasteiger partial charge < -0.3 is 0 Å². The predicted molar refractivity (Wildman–Crippen MR) is 64.8 cm³/mol. The number of carbonyl (C=O) groups excluding carboxylic acids is 1. The minimum Gasteiger partial charge on any atom is -0.299 e. The maximum Gasteiger partial charge on any atom is 0.140 e. The van der Waals surface area contributed by atoms with Crippen molar-refractivity contribution >= 4 is 21.7 Å². The number of halogens is 2. The summed E-state index contributed by atoms with van der Waals surface area (Å²) in [6.07, 6.45) is 4.48. The molecule has 0 aromatic heterocycles. The molecule has 2 rings (SSSR count). The van der Waals surface area contributed by atoms with Crippen LogP contribution in [-0.4, -0.2) is 5.78 Å². The van der Waals surface area contributed by atoms with Crippen LogP contribution in [0.1, 0.15) is 31.2 Å². The molecule has 1 aromatic carbocycles. The summed E-state index contributed by atoms with van der Waals surface area (Å²) in [6.45, 7) is 0. The smallest absolute Gasteiger partial charge is 0.140 e. The average molecular weight is 285 g/mol. The quantitative estimate of drug-likeness (QED) is 0.823. The van der Waals surface area contributed by atoms with E-state index in [4.69, 9.17) is 0 Å². The normalized spacial score (nSPS) is 16.6. The van der Waals surface area contributed by atoms with Crippen molar-refractivity contribution in [3.63, 3.8) is 0 Å². The highest BCUT2D eigenvalue weighted by Gasteiger charge is 2.23. The summed E-state index contributed by atoms with van der Waals surface area (Å²) < 4.78 is 14.2. The Labute approximate surface area is 103 Å². The average Bonchev–Trinajstić information content (AvgIpc) is 2.75. The zero-order valence-electron chi connectivity index (χ0n) is 9.01. The fraction of sp³-hybridized carbons (Fsp3) is 0.462. The second-order valence-corrected chi connectivity index (χ2v) is 5.28. The molecule has 0 heterocycles. The number of hydrogen-bond acceptors (Lipinski definition) is 1. The van der Waals surface area contributed by atoms with Crippen LogP contribution in [0.3, 0.4) is 0 Å². The largest absolute Gasteiger partial charge is 0.299 e. The van der Waals surface area contributed by atoms with Gasteiger partial charge in [0.25, 0.3) is 0 Å². The Kier molecular flexibility index (Phi) is 3.74. The lowest BCUT2D eigenvalue weighted by atomic mass is 9.96. The summed E-state index contributed by atoms with van der Waals surface area (Å²) in [7, 11) is 0. The minimum absolute atomic E-state index is 0.169. The molecule has 0 amide bonds. The van der Waals surface area contributed by atoms with E-state index in [0.717, 1.165) is 25.7 Å². The molecule has 0 atom stereocenters. The van der Waals surface area contributed by atoms with E-state index in [9.17, 15) is 9.18 Å². The molecule has 0 spiro atoms. The molecule has 3 heteroatoms. The Hall–Kier alpha value is -0.700. The van der Waals surface area contributed by atoms with Crippen molar-refractivity contribution in [1.82, 2.24) is 0 Å². The second kappa shape index (κ2) is 5.09. The molecular weight excluding hydrogens is 271 g/mol. The first-order valence-corrected chi connectivity index (χ1v) is 6.43. The first-order valence-electron chi connectivity index (χ1n) is 5.63. The zero-order chi connectivity index (χ0) is 11.5. The number of benzene rings is 1. The first kappa shape index (κ1) is 11.8. The van der Waals surface area contributed by atoms with Crippen LogP contribution in [0, 0.1) is 11.7 Å². The van der Waals surface area contributed by atoms with Crippen LogP contribution < -0.4 is 0 Å². The molecule has 0 N–H and O–H groups in total. The predicted octanol–water partition coefficient (Wildman–Crippen LogP) is 3.89. The molecule has 0 bridgehead atoms. The maximum atomic E-state index is 13.5. The lowest BCUT2D eigenvalue weighted by Gasteiger charge is -2.08. The van der Waals surface area contributed by atoms with Gasteiger partial charge >= 0.3 is 0 Å². The lowest BCUT2D eigenvalue weighted by Crippen LogP contribution is -2.14. The Morgan fingerprint density at radius 2 is 2.06 bits per heavy atom. The van der Waals surface area contributed by atoms with E-state index >= 15 is 0 Å². The Morgan fingerprint density at radius 3 is 2.69 bits per heavy atom. The van der Waals surface area contributed by atoms with E-state index in [0.29, 0.717) is 10.0 Å². The Morgan fingerprint density at radius 1 is 1.38 bits per heavy atom. The molecule has 0 radical (unpaired) electrons. The van der Waals surface area contributed by atoms with Crippen LogP contribution in [0.25, 0.3) is 0 Å². The molecule has 1 aromatic rings. The fourth-order valence-corrected chi connectivity index (χ4v) is 2.58. The van der Waals surface area contributed by atoms with Crippen LogP contribution in [0.15, 0.2) is 22.7 Å². The van der Waals surface area contributed by atoms with E-state index in [1.165, 1.54) is 6.07 Å². The van der Waals surface area contributed by atoms with Gasteiger partial charge in [-0.1, -0.05) is 34.8 Å². The minimum atomic E-state index is -0.291. The fourth-order valence-electron chi connectivity index (χ4n) is 2.24. The summed E-state index contributed by atoms with van der Waals surface area (Å²) >= 11 is 3.20. The van der Waals surface area contributed by atoms with Crippen molar-refractivity contribution in [3.8, 4) is 0 Å². The Balaban J connectivity index is 2.05. The van der Waals surface area contributed by atoms with Gasteiger partial charge in [0, 0.05) is 16.8 Å². The summed E-state index contributed by atoms with van der Waals surface area (Å²) in [6, 6.07) is 4.88. The van der Waals surface area contributed by atoms with E-state index in [2.05, 4.69) is 15.9 Å². The van der Waals surface area contributed by atoms with E-state index in [1.807, 2.05) is 0 Å². The third-order valence-electron chi connectivity index (χ3n) is 3.19. The molecule has 16 heavy (non-hydrogen) atoms. The maximum absolute atomic E-state index is 13.5.